The zero-order valence-corrected chi connectivity index (χ0v) is 18.6. The van der Waals surface area contributed by atoms with Gasteiger partial charge in [0.25, 0.3) is 0 Å². The zero-order chi connectivity index (χ0) is 21.9. The molecule has 0 spiro atoms. The summed E-state index contributed by atoms with van der Waals surface area (Å²) in [5.74, 6) is 0.747. The number of hydrogen-bond donors (Lipinski definition) is 1. The predicted octanol–water partition coefficient (Wildman–Crippen LogP) is 5.81. The normalized spacial score (nSPS) is 19.2. The molecule has 5 rings (SSSR count). The first-order chi connectivity index (χ1) is 15.7. The highest BCUT2D eigenvalue weighted by atomic mass is 16.5. The number of carbonyl (C=O) groups is 1. The molecule has 0 fully saturated rings. The summed E-state index contributed by atoms with van der Waals surface area (Å²) in [4.78, 5) is 14.5. The van der Waals surface area contributed by atoms with Crippen LogP contribution in [-0.2, 0) is 11.3 Å². The molecule has 164 valence electrons. The molecule has 1 amide bonds. The van der Waals surface area contributed by atoms with E-state index >= 15 is 0 Å². The molecule has 0 aromatic heterocycles. The van der Waals surface area contributed by atoms with E-state index in [0.717, 1.165) is 31.5 Å². The highest BCUT2D eigenvalue weighted by molar-refractivity contribution is 5.70. The largest absolute Gasteiger partial charge is 0.450 e. The number of alkyl carbamates (subject to hydrolysis) is 1. The third-order valence-electron chi connectivity index (χ3n) is 6.79. The maximum Gasteiger partial charge on any atom is 0.407 e. The fourth-order valence-corrected chi connectivity index (χ4v) is 5.38. The van der Waals surface area contributed by atoms with Crippen LogP contribution in [0.25, 0.3) is 0 Å². The Morgan fingerprint density at radius 2 is 1.44 bits per heavy atom. The minimum atomic E-state index is -0.361. The van der Waals surface area contributed by atoms with E-state index in [-0.39, 0.29) is 6.09 Å². The van der Waals surface area contributed by atoms with Crippen LogP contribution in [0.3, 0.4) is 0 Å². The molecule has 1 N–H and O–H groups in total. The van der Waals surface area contributed by atoms with E-state index in [9.17, 15) is 4.79 Å². The van der Waals surface area contributed by atoms with E-state index in [1.165, 1.54) is 27.9 Å². The summed E-state index contributed by atoms with van der Waals surface area (Å²) in [6, 6.07) is 26.3. The number of anilines is 1. The van der Waals surface area contributed by atoms with Gasteiger partial charge in [-0.1, -0.05) is 72.8 Å². The number of rotatable bonds is 5. The number of benzene rings is 3. The minimum Gasteiger partial charge on any atom is -0.450 e. The van der Waals surface area contributed by atoms with E-state index in [2.05, 4.69) is 83.0 Å². The Hall–Kier alpha value is -3.27. The number of nitrogens with zero attached hydrogens (tertiary/aromatic N) is 1. The lowest BCUT2D eigenvalue weighted by molar-refractivity contribution is 0.151. The van der Waals surface area contributed by atoms with Crippen LogP contribution < -0.4 is 10.2 Å². The third-order valence-corrected chi connectivity index (χ3v) is 6.79. The van der Waals surface area contributed by atoms with E-state index in [4.69, 9.17) is 4.74 Å². The van der Waals surface area contributed by atoms with Crippen LogP contribution in [0.2, 0.25) is 0 Å². The number of ether oxygens (including phenoxy) is 1. The van der Waals surface area contributed by atoms with Crippen LogP contribution in [0.1, 0.15) is 59.4 Å². The topological polar surface area (TPSA) is 41.6 Å². The smallest absolute Gasteiger partial charge is 0.407 e. The van der Waals surface area contributed by atoms with Crippen LogP contribution in [0, 0.1) is 0 Å². The fraction of sp³-hybridized carbons (Fsp3) is 0.321. The Morgan fingerprint density at radius 3 is 1.94 bits per heavy atom. The molecule has 2 aliphatic rings. The molecule has 0 saturated carbocycles. The maximum atomic E-state index is 12.0. The fourth-order valence-electron chi connectivity index (χ4n) is 5.38. The van der Waals surface area contributed by atoms with Gasteiger partial charge in [-0.05, 0) is 47.6 Å². The molecule has 2 unspecified atom stereocenters. The van der Waals surface area contributed by atoms with Crippen LogP contribution in [0.5, 0.6) is 0 Å². The predicted molar refractivity (Wildman–Crippen MR) is 128 cm³/mol. The molecule has 4 nitrogen and oxygen atoms in total. The molecule has 0 saturated heterocycles. The molecular formula is C28H30N2O2. The lowest BCUT2D eigenvalue weighted by Gasteiger charge is -2.43. The van der Waals surface area contributed by atoms with Crippen molar-refractivity contribution < 1.29 is 9.53 Å². The van der Waals surface area contributed by atoms with Gasteiger partial charge in [-0.2, -0.15) is 0 Å². The van der Waals surface area contributed by atoms with E-state index < -0.39 is 0 Å². The van der Waals surface area contributed by atoms with Crippen molar-refractivity contribution in [2.75, 3.05) is 24.6 Å². The van der Waals surface area contributed by atoms with Crippen molar-refractivity contribution in [2.45, 2.75) is 38.1 Å². The van der Waals surface area contributed by atoms with E-state index in [0.29, 0.717) is 25.0 Å². The number of nitrogens with one attached hydrogen (secondary N) is 1. The number of carbonyl (C=O) groups excluding carboxylic acids is 1. The Kier molecular flexibility index (Phi) is 5.85. The molecule has 4 heteroatoms. The van der Waals surface area contributed by atoms with Gasteiger partial charge >= 0.3 is 6.09 Å². The molecule has 2 aliphatic heterocycles. The van der Waals surface area contributed by atoms with Crippen molar-refractivity contribution in [1.29, 1.82) is 0 Å². The van der Waals surface area contributed by atoms with Gasteiger partial charge in [0, 0.05) is 37.2 Å². The number of hydrogen-bond acceptors (Lipinski definition) is 3. The van der Waals surface area contributed by atoms with E-state index in [1.54, 1.807) is 0 Å². The quantitative estimate of drug-likeness (QED) is 0.560. The Morgan fingerprint density at radius 1 is 0.906 bits per heavy atom. The summed E-state index contributed by atoms with van der Waals surface area (Å²) in [7, 11) is 0. The summed E-state index contributed by atoms with van der Waals surface area (Å²) < 4.78 is 5.08. The second-order valence-electron chi connectivity index (χ2n) is 8.69. The Bertz CT molecular complexity index is 1010. The SMILES string of the molecule is CCOC(=O)NCc1cc2c3c(c1)C(c1ccccc1)CCN3CCC2c1ccccc1. The van der Waals surface area contributed by atoms with Crippen LogP contribution in [0.15, 0.2) is 72.8 Å². The molecular weight excluding hydrogens is 396 g/mol. The average Bonchev–Trinajstić information content (AvgIpc) is 2.84. The second-order valence-corrected chi connectivity index (χ2v) is 8.69. The second kappa shape index (κ2) is 9.07. The Balaban J connectivity index is 1.60. The first-order valence-corrected chi connectivity index (χ1v) is 11.7. The summed E-state index contributed by atoms with van der Waals surface area (Å²) >= 11 is 0. The first-order valence-electron chi connectivity index (χ1n) is 11.7. The Labute approximate surface area is 190 Å². The van der Waals surface area contributed by atoms with Crippen molar-refractivity contribution in [3.8, 4) is 0 Å². The summed E-state index contributed by atoms with van der Waals surface area (Å²) in [5.41, 5.74) is 8.06. The third kappa shape index (κ3) is 3.97. The van der Waals surface area contributed by atoms with Gasteiger partial charge < -0.3 is 15.0 Å². The van der Waals surface area contributed by atoms with Gasteiger partial charge in [0.2, 0.25) is 0 Å². The molecule has 3 aromatic carbocycles. The molecule has 2 heterocycles. The van der Waals surface area contributed by atoms with Crippen molar-refractivity contribution in [3.63, 3.8) is 0 Å². The first kappa shape index (κ1) is 20.6. The summed E-state index contributed by atoms with van der Waals surface area (Å²) in [6.45, 7) is 4.85. The van der Waals surface area contributed by atoms with Crippen LogP contribution in [0.4, 0.5) is 10.5 Å². The van der Waals surface area contributed by atoms with Crippen molar-refractivity contribution >= 4 is 11.8 Å². The van der Waals surface area contributed by atoms with Crippen molar-refractivity contribution in [3.05, 3.63) is 101 Å². The lowest BCUT2D eigenvalue weighted by Crippen LogP contribution is -2.38. The molecule has 32 heavy (non-hydrogen) atoms. The monoisotopic (exact) mass is 426 g/mol. The average molecular weight is 427 g/mol. The molecule has 0 bridgehead atoms. The van der Waals surface area contributed by atoms with Gasteiger partial charge in [-0.25, -0.2) is 4.79 Å². The molecule has 2 atom stereocenters. The van der Waals surface area contributed by atoms with Crippen molar-refractivity contribution in [2.24, 2.45) is 0 Å². The highest BCUT2D eigenvalue weighted by Gasteiger charge is 2.34. The van der Waals surface area contributed by atoms with Gasteiger partial charge in [0.15, 0.2) is 0 Å². The lowest BCUT2D eigenvalue weighted by atomic mass is 9.76. The van der Waals surface area contributed by atoms with Crippen LogP contribution >= 0.6 is 0 Å². The highest BCUT2D eigenvalue weighted by Crippen LogP contribution is 2.48. The van der Waals surface area contributed by atoms with Gasteiger partial charge in [0.05, 0.1) is 6.61 Å². The maximum absolute atomic E-state index is 12.0. The molecule has 3 aromatic rings. The molecule has 0 aliphatic carbocycles. The summed E-state index contributed by atoms with van der Waals surface area (Å²) in [5, 5.41) is 2.92. The molecule has 0 radical (unpaired) electrons. The van der Waals surface area contributed by atoms with Crippen molar-refractivity contribution in [1.82, 2.24) is 5.32 Å². The zero-order valence-electron chi connectivity index (χ0n) is 18.6. The van der Waals surface area contributed by atoms with E-state index in [1.807, 2.05) is 6.92 Å². The minimum absolute atomic E-state index is 0.361. The van der Waals surface area contributed by atoms with Gasteiger partial charge in [-0.3, -0.25) is 0 Å². The van der Waals surface area contributed by atoms with Gasteiger partial charge in [0.1, 0.15) is 0 Å². The number of amides is 1. The standard InChI is InChI=1S/C28H30N2O2/c1-2-32-28(31)29-19-20-17-25-23(21-9-5-3-6-10-21)13-15-30-16-14-24(26(18-20)27(25)30)22-11-7-4-8-12-22/h3-12,17-18,23-24H,2,13-16,19H2,1H3,(H,29,31). The van der Waals surface area contributed by atoms with Crippen LogP contribution in [-0.4, -0.2) is 25.8 Å². The summed E-state index contributed by atoms with van der Waals surface area (Å²) in [6.07, 6.45) is 1.86. The van der Waals surface area contributed by atoms with Gasteiger partial charge in [-0.15, -0.1) is 0 Å².